The lowest BCUT2D eigenvalue weighted by molar-refractivity contribution is -0.137. The summed E-state index contributed by atoms with van der Waals surface area (Å²) in [5.74, 6) is -0.852. The smallest absolute Gasteiger partial charge is 0.271 e. The number of carbonyl (C=O) groups is 1. The molecule has 0 fully saturated rings. The van der Waals surface area contributed by atoms with Gasteiger partial charge in [-0.25, -0.2) is 13.8 Å². The van der Waals surface area contributed by atoms with Crippen molar-refractivity contribution >= 4 is 27.8 Å². The Kier molecular flexibility index (Phi) is 7.12. The Bertz CT molecular complexity index is 1250. The molecule has 0 saturated carbocycles. The molecule has 2 aromatic carbocycles. The number of hydrogen-bond donors (Lipinski definition) is 1. The maximum absolute atomic E-state index is 13.3. The van der Waals surface area contributed by atoms with E-state index in [4.69, 9.17) is 0 Å². The minimum Gasteiger partial charge on any atom is -0.271 e. The van der Waals surface area contributed by atoms with Crippen molar-refractivity contribution in [3.05, 3.63) is 89.7 Å². The summed E-state index contributed by atoms with van der Waals surface area (Å²) in [6.45, 7) is 0.963. The predicted octanol–water partition coefficient (Wildman–Crippen LogP) is 3.75. The first kappa shape index (κ1) is 23.9. The van der Waals surface area contributed by atoms with Gasteiger partial charge in [-0.2, -0.15) is 18.3 Å². The number of hydrazone groups is 1. The number of rotatable bonds is 7. The van der Waals surface area contributed by atoms with E-state index in [0.717, 1.165) is 17.7 Å². The molecule has 1 heterocycles. The highest BCUT2D eigenvalue weighted by Gasteiger charge is 2.33. The average Bonchev–Trinajstić information content (AvgIpc) is 2.78. The Morgan fingerprint density at radius 2 is 1.82 bits per heavy atom. The molecule has 0 aliphatic rings. The second kappa shape index (κ2) is 9.82. The molecule has 0 aliphatic carbocycles. The number of alkyl halides is 3. The van der Waals surface area contributed by atoms with Crippen LogP contribution in [-0.2, 0) is 21.0 Å². The highest BCUT2D eigenvalue weighted by molar-refractivity contribution is 7.92. The van der Waals surface area contributed by atoms with Gasteiger partial charge in [0.25, 0.3) is 15.9 Å². The van der Waals surface area contributed by atoms with Gasteiger partial charge in [-0.15, -0.1) is 0 Å². The molecule has 1 amide bonds. The molecule has 0 bridgehead atoms. The predicted molar refractivity (Wildman–Crippen MR) is 117 cm³/mol. The summed E-state index contributed by atoms with van der Waals surface area (Å²) in [5, 5.41) is 3.72. The summed E-state index contributed by atoms with van der Waals surface area (Å²) in [5.41, 5.74) is 2.05. The van der Waals surface area contributed by atoms with Crippen LogP contribution in [0.25, 0.3) is 0 Å². The van der Waals surface area contributed by atoms with Crippen molar-refractivity contribution in [2.75, 3.05) is 10.8 Å². The monoisotopic (exact) mass is 476 g/mol. The fourth-order valence-corrected chi connectivity index (χ4v) is 4.19. The van der Waals surface area contributed by atoms with E-state index >= 15 is 0 Å². The molecular formula is C22H19F3N4O3S. The average molecular weight is 476 g/mol. The maximum atomic E-state index is 13.3. The number of aromatic nitrogens is 1. The van der Waals surface area contributed by atoms with Crippen LogP contribution in [0.15, 0.2) is 82.9 Å². The zero-order valence-corrected chi connectivity index (χ0v) is 18.1. The molecule has 0 aliphatic heterocycles. The number of anilines is 1. The first-order valence-electron chi connectivity index (χ1n) is 9.57. The lowest BCUT2D eigenvalue weighted by Gasteiger charge is -2.24. The molecule has 11 heteroatoms. The normalized spacial score (nSPS) is 12.0. The molecule has 7 nitrogen and oxygen atoms in total. The number of nitrogens with zero attached hydrogens (tertiary/aromatic N) is 3. The van der Waals surface area contributed by atoms with E-state index in [0.29, 0.717) is 16.1 Å². The summed E-state index contributed by atoms with van der Waals surface area (Å²) < 4.78 is 66.8. The molecular weight excluding hydrogens is 457 g/mol. The molecule has 0 spiro atoms. The number of benzene rings is 2. The number of pyridine rings is 1. The van der Waals surface area contributed by atoms with Gasteiger partial charge in [0.2, 0.25) is 0 Å². The molecule has 172 valence electrons. The van der Waals surface area contributed by atoms with Gasteiger partial charge in [-0.05, 0) is 49.4 Å². The van der Waals surface area contributed by atoms with Crippen LogP contribution < -0.4 is 9.73 Å². The molecule has 0 saturated heterocycles. The van der Waals surface area contributed by atoms with Crippen molar-refractivity contribution in [1.29, 1.82) is 0 Å². The molecule has 1 aromatic heterocycles. The van der Waals surface area contributed by atoms with E-state index in [-0.39, 0.29) is 10.6 Å². The van der Waals surface area contributed by atoms with Crippen LogP contribution in [0.4, 0.5) is 18.9 Å². The lowest BCUT2D eigenvalue weighted by Crippen LogP contribution is -2.39. The Labute approximate surface area is 188 Å². The van der Waals surface area contributed by atoms with Gasteiger partial charge < -0.3 is 0 Å². The van der Waals surface area contributed by atoms with Crippen LogP contribution >= 0.6 is 0 Å². The van der Waals surface area contributed by atoms with Crippen LogP contribution in [0.2, 0.25) is 0 Å². The van der Waals surface area contributed by atoms with Gasteiger partial charge in [-0.3, -0.25) is 14.1 Å². The van der Waals surface area contributed by atoms with Crippen LogP contribution in [-0.4, -0.2) is 32.1 Å². The number of halogens is 3. The number of nitrogens with one attached hydrogen (secondary N) is 1. The third-order valence-electron chi connectivity index (χ3n) is 4.43. The topological polar surface area (TPSA) is 91.7 Å². The first-order valence-corrected chi connectivity index (χ1v) is 11.0. The van der Waals surface area contributed by atoms with E-state index < -0.39 is 34.2 Å². The van der Waals surface area contributed by atoms with Gasteiger partial charge in [0.15, 0.2) is 0 Å². The van der Waals surface area contributed by atoms with Crippen molar-refractivity contribution in [2.24, 2.45) is 5.10 Å². The summed E-state index contributed by atoms with van der Waals surface area (Å²) >= 11 is 0. The summed E-state index contributed by atoms with van der Waals surface area (Å²) in [6, 6.07) is 14.5. The zero-order valence-electron chi connectivity index (χ0n) is 17.3. The second-order valence-electron chi connectivity index (χ2n) is 6.92. The number of hydrogen-bond acceptors (Lipinski definition) is 5. The molecule has 0 radical (unpaired) electrons. The SMILES string of the molecule is Cc1ccc(S(=O)(=O)N(CC(=O)N/N=C\c2ccccn2)c2cccc(C(F)(F)F)c2)cc1. The molecule has 1 N–H and O–H groups in total. The first-order chi connectivity index (χ1) is 15.6. The molecule has 3 rings (SSSR count). The summed E-state index contributed by atoms with van der Waals surface area (Å²) in [7, 11) is -4.36. The quantitative estimate of drug-likeness (QED) is 0.415. The second-order valence-corrected chi connectivity index (χ2v) is 8.78. The van der Waals surface area contributed by atoms with Crippen molar-refractivity contribution in [3.8, 4) is 0 Å². The lowest BCUT2D eigenvalue weighted by atomic mass is 10.2. The number of amides is 1. The van der Waals surface area contributed by atoms with Crippen molar-refractivity contribution < 1.29 is 26.4 Å². The number of carbonyl (C=O) groups excluding carboxylic acids is 1. The van der Waals surface area contributed by atoms with E-state index in [2.05, 4.69) is 15.5 Å². The van der Waals surface area contributed by atoms with Crippen LogP contribution in [0.5, 0.6) is 0 Å². The highest BCUT2D eigenvalue weighted by atomic mass is 32.2. The van der Waals surface area contributed by atoms with Crippen LogP contribution in [0, 0.1) is 6.92 Å². The van der Waals surface area contributed by atoms with Crippen LogP contribution in [0.1, 0.15) is 16.8 Å². The van der Waals surface area contributed by atoms with Gasteiger partial charge in [0, 0.05) is 6.20 Å². The van der Waals surface area contributed by atoms with Crippen molar-refractivity contribution in [1.82, 2.24) is 10.4 Å². The number of sulfonamides is 1. The van der Waals surface area contributed by atoms with E-state index in [9.17, 15) is 26.4 Å². The fourth-order valence-electron chi connectivity index (χ4n) is 2.78. The minimum atomic E-state index is -4.69. The van der Waals surface area contributed by atoms with Crippen molar-refractivity contribution in [2.45, 2.75) is 18.0 Å². The molecule has 0 atom stereocenters. The van der Waals surface area contributed by atoms with Crippen LogP contribution in [0.3, 0.4) is 0 Å². The zero-order chi connectivity index (χ0) is 24.1. The van der Waals surface area contributed by atoms with E-state index in [1.165, 1.54) is 30.6 Å². The fraction of sp³-hybridized carbons (Fsp3) is 0.136. The van der Waals surface area contributed by atoms with Gasteiger partial charge in [0.05, 0.1) is 28.1 Å². The van der Waals surface area contributed by atoms with Gasteiger partial charge in [-0.1, -0.05) is 29.8 Å². The van der Waals surface area contributed by atoms with E-state index in [1.54, 1.807) is 37.3 Å². The third-order valence-corrected chi connectivity index (χ3v) is 6.22. The Balaban J connectivity index is 1.93. The molecule has 3 aromatic rings. The Morgan fingerprint density at radius 1 is 1.09 bits per heavy atom. The Hall–Kier alpha value is -3.73. The summed E-state index contributed by atoms with van der Waals surface area (Å²) in [6.07, 6.45) is -1.92. The van der Waals surface area contributed by atoms with Gasteiger partial charge >= 0.3 is 6.18 Å². The molecule has 0 unspecified atom stereocenters. The standard InChI is InChI=1S/C22H19F3N4O3S/c1-16-8-10-20(11-9-16)33(31,32)29(19-7-4-5-17(13-19)22(23,24)25)15-21(30)28-27-14-18-6-2-3-12-26-18/h2-14H,15H2,1H3,(H,28,30)/b27-14-. The maximum Gasteiger partial charge on any atom is 0.416 e. The Morgan fingerprint density at radius 3 is 2.45 bits per heavy atom. The van der Waals surface area contributed by atoms with Crippen molar-refractivity contribution in [3.63, 3.8) is 0 Å². The highest BCUT2D eigenvalue weighted by Crippen LogP contribution is 2.33. The number of aryl methyl sites for hydroxylation is 1. The molecule has 33 heavy (non-hydrogen) atoms. The van der Waals surface area contributed by atoms with Gasteiger partial charge in [0.1, 0.15) is 6.54 Å². The largest absolute Gasteiger partial charge is 0.416 e. The third kappa shape index (κ3) is 6.16. The minimum absolute atomic E-state index is 0.171. The summed E-state index contributed by atoms with van der Waals surface area (Å²) in [4.78, 5) is 16.3. The van der Waals surface area contributed by atoms with E-state index in [1.807, 2.05) is 0 Å².